The van der Waals surface area contributed by atoms with Crippen LogP contribution in [0.15, 0.2) is 84.9 Å². The first kappa shape index (κ1) is 36.6. The standard InChI is InChI=1S/C41H39Cl2NO6/c1-2-3-4-5-6-7-27-8-10-28(11-9-27)29-12-14-30(15-13-29)39(45)48-33-19-16-31(17-20-33)40(46)49-35-22-23-36(38(43)25-35)41(47)50-34-21-18-32(26-44)37(42)24-34/h12-25,27-28H,2-11H2,1H3/t27-,28-. The molecular formula is C41H39Cl2NO6. The molecule has 4 aromatic rings. The number of carbonyl (C=O) groups is 3. The van der Waals surface area contributed by atoms with Crippen LogP contribution in [0.4, 0.5) is 0 Å². The molecule has 5 rings (SSSR count). The minimum atomic E-state index is -0.754. The molecule has 1 aliphatic rings. The molecule has 0 N–H and O–H groups in total. The predicted octanol–water partition coefficient (Wildman–Crippen LogP) is 11.2. The number of rotatable bonds is 13. The van der Waals surface area contributed by atoms with Crippen LogP contribution < -0.4 is 14.2 Å². The summed E-state index contributed by atoms with van der Waals surface area (Å²) in [6.07, 6.45) is 13.0. The van der Waals surface area contributed by atoms with E-state index in [1.807, 2.05) is 30.3 Å². The Morgan fingerprint density at radius 3 is 1.80 bits per heavy atom. The first-order valence-corrected chi connectivity index (χ1v) is 17.9. The summed E-state index contributed by atoms with van der Waals surface area (Å²) in [4.78, 5) is 38.3. The molecule has 1 saturated carbocycles. The van der Waals surface area contributed by atoms with Gasteiger partial charge in [-0.3, -0.25) is 0 Å². The number of ether oxygens (including phenoxy) is 3. The molecule has 0 aliphatic heterocycles. The van der Waals surface area contributed by atoms with Crippen LogP contribution in [-0.4, -0.2) is 17.9 Å². The maximum Gasteiger partial charge on any atom is 0.345 e. The highest BCUT2D eigenvalue weighted by molar-refractivity contribution is 6.34. The highest BCUT2D eigenvalue weighted by Gasteiger charge is 2.23. The van der Waals surface area contributed by atoms with Crippen LogP contribution in [0.3, 0.4) is 0 Å². The summed E-state index contributed by atoms with van der Waals surface area (Å²) in [5.74, 6) is 0.0312. The number of unbranched alkanes of at least 4 members (excludes halogenated alkanes) is 4. The van der Waals surface area contributed by atoms with E-state index in [9.17, 15) is 14.4 Å². The van der Waals surface area contributed by atoms with Crippen LogP contribution in [0.1, 0.15) is 119 Å². The first-order valence-electron chi connectivity index (χ1n) is 17.1. The third-order valence-electron chi connectivity index (χ3n) is 9.12. The third-order valence-corrected chi connectivity index (χ3v) is 9.75. The lowest BCUT2D eigenvalue weighted by molar-refractivity contribution is 0.0725. The molecule has 50 heavy (non-hydrogen) atoms. The Hall–Kier alpha value is -4.64. The van der Waals surface area contributed by atoms with E-state index in [2.05, 4.69) is 6.92 Å². The molecule has 258 valence electrons. The number of benzene rings is 4. The Morgan fingerprint density at radius 2 is 1.20 bits per heavy atom. The summed E-state index contributed by atoms with van der Waals surface area (Å²) in [6, 6.07) is 24.0. The quantitative estimate of drug-likeness (QED) is 0.0772. The monoisotopic (exact) mass is 711 g/mol. The second-order valence-electron chi connectivity index (χ2n) is 12.6. The van der Waals surface area contributed by atoms with Gasteiger partial charge in [0.2, 0.25) is 0 Å². The maximum absolute atomic E-state index is 12.8. The summed E-state index contributed by atoms with van der Waals surface area (Å²) in [5, 5.41) is 9.16. The van der Waals surface area contributed by atoms with E-state index < -0.39 is 17.9 Å². The lowest BCUT2D eigenvalue weighted by Crippen LogP contribution is -2.14. The molecular weight excluding hydrogens is 673 g/mol. The first-order chi connectivity index (χ1) is 24.2. The van der Waals surface area contributed by atoms with Gasteiger partial charge >= 0.3 is 17.9 Å². The van der Waals surface area contributed by atoms with Crippen molar-refractivity contribution >= 4 is 41.1 Å². The van der Waals surface area contributed by atoms with E-state index in [0.717, 1.165) is 5.92 Å². The molecule has 0 atom stereocenters. The fourth-order valence-corrected chi connectivity index (χ4v) is 6.70. The van der Waals surface area contributed by atoms with Crippen molar-refractivity contribution in [2.75, 3.05) is 0 Å². The number of nitriles is 1. The Bertz CT molecular complexity index is 1840. The highest BCUT2D eigenvalue weighted by Crippen LogP contribution is 2.38. The van der Waals surface area contributed by atoms with Gasteiger partial charge < -0.3 is 14.2 Å². The summed E-state index contributed by atoms with van der Waals surface area (Å²) in [6.45, 7) is 2.25. The van der Waals surface area contributed by atoms with E-state index in [1.54, 1.807) is 0 Å². The van der Waals surface area contributed by atoms with Crippen molar-refractivity contribution in [3.63, 3.8) is 0 Å². The minimum Gasteiger partial charge on any atom is -0.423 e. The molecule has 0 unspecified atom stereocenters. The van der Waals surface area contributed by atoms with Gasteiger partial charge in [-0.2, -0.15) is 5.26 Å². The zero-order chi connectivity index (χ0) is 35.5. The van der Waals surface area contributed by atoms with Gasteiger partial charge in [-0.25, -0.2) is 14.4 Å². The van der Waals surface area contributed by atoms with Crippen LogP contribution >= 0.6 is 23.2 Å². The molecule has 0 radical (unpaired) electrons. The molecule has 0 amide bonds. The molecule has 0 bridgehead atoms. The SMILES string of the molecule is CCCCCCC[C@H]1CC[C@H](c2ccc(C(=O)Oc3ccc(C(=O)Oc4ccc(C(=O)Oc5ccc(C#N)c(Cl)c5)c(Cl)c4)cc3)cc2)CC1. The summed E-state index contributed by atoms with van der Waals surface area (Å²) in [5.41, 5.74) is 2.24. The van der Waals surface area contributed by atoms with Crippen molar-refractivity contribution in [2.45, 2.75) is 77.0 Å². The summed E-state index contributed by atoms with van der Waals surface area (Å²) in [7, 11) is 0. The van der Waals surface area contributed by atoms with E-state index in [4.69, 9.17) is 42.7 Å². The Morgan fingerprint density at radius 1 is 0.660 bits per heavy atom. The van der Waals surface area contributed by atoms with Gasteiger partial charge in [0.15, 0.2) is 0 Å². The number of esters is 3. The number of nitrogens with zero attached hydrogens (tertiary/aromatic N) is 1. The van der Waals surface area contributed by atoms with Crippen LogP contribution in [0, 0.1) is 17.2 Å². The van der Waals surface area contributed by atoms with Gasteiger partial charge in [-0.1, -0.05) is 80.8 Å². The van der Waals surface area contributed by atoms with Crippen molar-refractivity contribution in [2.24, 2.45) is 5.92 Å². The second-order valence-corrected chi connectivity index (χ2v) is 13.4. The third kappa shape index (κ3) is 9.97. The number of hydrogen-bond donors (Lipinski definition) is 0. The summed E-state index contributed by atoms with van der Waals surface area (Å²) >= 11 is 12.3. The fraction of sp³-hybridized carbons (Fsp3) is 0.317. The van der Waals surface area contributed by atoms with Crippen LogP contribution in [0.2, 0.25) is 10.0 Å². The van der Waals surface area contributed by atoms with Gasteiger partial charge in [0.25, 0.3) is 0 Å². The zero-order valence-corrected chi connectivity index (χ0v) is 29.5. The van der Waals surface area contributed by atoms with Crippen molar-refractivity contribution < 1.29 is 28.6 Å². The molecule has 0 heterocycles. The molecule has 4 aromatic carbocycles. The van der Waals surface area contributed by atoms with E-state index in [1.165, 1.54) is 130 Å². The van der Waals surface area contributed by atoms with Crippen LogP contribution in [-0.2, 0) is 0 Å². The van der Waals surface area contributed by atoms with E-state index >= 15 is 0 Å². The van der Waals surface area contributed by atoms with Crippen molar-refractivity contribution in [1.82, 2.24) is 0 Å². The minimum absolute atomic E-state index is 0.00575. The zero-order valence-electron chi connectivity index (χ0n) is 28.0. The van der Waals surface area contributed by atoms with E-state index in [-0.39, 0.29) is 44.0 Å². The molecule has 0 aromatic heterocycles. The van der Waals surface area contributed by atoms with Gasteiger partial charge in [-0.15, -0.1) is 0 Å². The van der Waals surface area contributed by atoms with Gasteiger partial charge in [0.1, 0.15) is 23.3 Å². The molecule has 1 fully saturated rings. The number of halogens is 2. The van der Waals surface area contributed by atoms with Gasteiger partial charge in [0, 0.05) is 12.1 Å². The maximum atomic E-state index is 12.8. The normalized spacial score (nSPS) is 15.5. The molecule has 0 spiro atoms. The number of carbonyl (C=O) groups excluding carboxylic acids is 3. The van der Waals surface area contributed by atoms with Crippen molar-refractivity contribution in [1.29, 1.82) is 5.26 Å². The lowest BCUT2D eigenvalue weighted by atomic mass is 9.77. The average Bonchev–Trinajstić information content (AvgIpc) is 3.12. The highest BCUT2D eigenvalue weighted by atomic mass is 35.5. The largest absolute Gasteiger partial charge is 0.423 e. The topological polar surface area (TPSA) is 103 Å². The molecule has 0 saturated heterocycles. The second kappa shape index (κ2) is 17.8. The molecule has 7 nitrogen and oxygen atoms in total. The van der Waals surface area contributed by atoms with Gasteiger partial charge in [-0.05, 0) is 104 Å². The predicted molar refractivity (Wildman–Crippen MR) is 193 cm³/mol. The Balaban J connectivity index is 1.09. The van der Waals surface area contributed by atoms with Crippen molar-refractivity contribution in [3.8, 4) is 23.3 Å². The van der Waals surface area contributed by atoms with Crippen LogP contribution in [0.25, 0.3) is 0 Å². The Kier molecular flexibility index (Phi) is 13.1. The fourth-order valence-electron chi connectivity index (χ4n) is 6.24. The van der Waals surface area contributed by atoms with E-state index in [0.29, 0.717) is 11.5 Å². The number of hydrogen-bond acceptors (Lipinski definition) is 7. The molecule has 9 heteroatoms. The smallest absolute Gasteiger partial charge is 0.345 e. The summed E-state index contributed by atoms with van der Waals surface area (Å²) < 4.78 is 16.3. The van der Waals surface area contributed by atoms with Crippen LogP contribution in [0.5, 0.6) is 17.2 Å². The lowest BCUT2D eigenvalue weighted by Gasteiger charge is -2.29. The Labute approximate surface area is 303 Å². The average molecular weight is 713 g/mol. The molecule has 1 aliphatic carbocycles. The van der Waals surface area contributed by atoms with Gasteiger partial charge in [0.05, 0.1) is 32.3 Å². The van der Waals surface area contributed by atoms with Crippen molar-refractivity contribution in [3.05, 3.63) is 123 Å².